The molecule has 0 spiro atoms. The molecule has 0 aliphatic carbocycles. The second-order valence-corrected chi connectivity index (χ2v) is 5.63. The van der Waals surface area contributed by atoms with Gasteiger partial charge in [-0.25, -0.2) is 0 Å². The van der Waals surface area contributed by atoms with Crippen molar-refractivity contribution in [2.24, 2.45) is 0 Å². The Morgan fingerprint density at radius 1 is 0.870 bits per heavy atom. The van der Waals surface area contributed by atoms with Crippen molar-refractivity contribution in [2.75, 3.05) is 0 Å². The molecule has 0 saturated carbocycles. The second kappa shape index (κ2) is 8.13. The molecule has 2 aromatic rings. The van der Waals surface area contributed by atoms with E-state index < -0.39 is 11.9 Å². The molecule has 0 aliphatic rings. The average molecular weight is 312 g/mol. The lowest BCUT2D eigenvalue weighted by Gasteiger charge is -2.17. The zero-order chi connectivity index (χ0) is 16.7. The molecule has 0 saturated heterocycles. The summed E-state index contributed by atoms with van der Waals surface area (Å²) in [6, 6.07) is 17.4. The first-order chi connectivity index (χ1) is 11.0. The number of benzene rings is 2. The fourth-order valence-corrected chi connectivity index (χ4v) is 2.74. The zero-order valence-electron chi connectivity index (χ0n) is 12.8. The fourth-order valence-electron chi connectivity index (χ4n) is 2.74. The summed E-state index contributed by atoms with van der Waals surface area (Å²) in [5.74, 6) is -1.55. The Hall–Kier alpha value is -2.62. The summed E-state index contributed by atoms with van der Waals surface area (Å²) >= 11 is 0. The Bertz CT molecular complexity index is 664. The van der Waals surface area contributed by atoms with E-state index in [1.165, 1.54) is 0 Å². The number of hydrogen-bond donors (Lipinski definition) is 2. The quantitative estimate of drug-likeness (QED) is 0.782. The van der Waals surface area contributed by atoms with Crippen molar-refractivity contribution >= 4 is 11.9 Å². The van der Waals surface area contributed by atoms with Crippen LogP contribution in [0.1, 0.15) is 35.4 Å². The van der Waals surface area contributed by atoms with Crippen LogP contribution in [-0.4, -0.2) is 22.2 Å². The molecule has 23 heavy (non-hydrogen) atoms. The number of carboxylic acid groups (broad SMARTS) is 2. The summed E-state index contributed by atoms with van der Waals surface area (Å²) in [5, 5.41) is 17.9. The third-order valence-electron chi connectivity index (χ3n) is 3.81. The van der Waals surface area contributed by atoms with Gasteiger partial charge in [0.15, 0.2) is 0 Å². The monoisotopic (exact) mass is 312 g/mol. The first-order valence-corrected chi connectivity index (χ1v) is 7.61. The van der Waals surface area contributed by atoms with E-state index in [1.807, 2.05) is 48.5 Å². The second-order valence-electron chi connectivity index (χ2n) is 5.63. The summed E-state index contributed by atoms with van der Waals surface area (Å²) in [7, 11) is 0. The smallest absolute Gasteiger partial charge is 0.307 e. The van der Waals surface area contributed by atoms with E-state index >= 15 is 0 Å². The molecule has 0 aliphatic heterocycles. The molecule has 0 radical (unpaired) electrons. The van der Waals surface area contributed by atoms with Crippen molar-refractivity contribution in [3.63, 3.8) is 0 Å². The van der Waals surface area contributed by atoms with Gasteiger partial charge in [-0.05, 0) is 35.4 Å². The Kier molecular flexibility index (Phi) is 5.92. The predicted octanol–water partition coefficient (Wildman–Crippen LogP) is 3.50. The maximum atomic E-state index is 10.9. The first-order valence-electron chi connectivity index (χ1n) is 7.61. The molecule has 120 valence electrons. The zero-order valence-corrected chi connectivity index (χ0v) is 12.8. The maximum absolute atomic E-state index is 10.9. The minimum Gasteiger partial charge on any atom is -0.481 e. The summed E-state index contributed by atoms with van der Waals surface area (Å²) in [6.45, 7) is 0. The largest absolute Gasteiger partial charge is 0.481 e. The molecule has 2 N–H and O–H groups in total. The van der Waals surface area contributed by atoms with Crippen LogP contribution in [0.3, 0.4) is 0 Å². The minimum atomic E-state index is -0.854. The Morgan fingerprint density at radius 2 is 1.57 bits per heavy atom. The van der Waals surface area contributed by atoms with Crippen LogP contribution >= 0.6 is 0 Å². The highest BCUT2D eigenvalue weighted by molar-refractivity contribution is 5.70. The van der Waals surface area contributed by atoms with Gasteiger partial charge in [0.05, 0.1) is 6.42 Å². The van der Waals surface area contributed by atoms with Gasteiger partial charge in [0.1, 0.15) is 0 Å². The van der Waals surface area contributed by atoms with E-state index in [0.29, 0.717) is 12.8 Å². The molecule has 0 aromatic heterocycles. The Labute approximate surface area is 135 Å². The molecular formula is C19H20O4. The van der Waals surface area contributed by atoms with Gasteiger partial charge in [-0.3, -0.25) is 9.59 Å². The van der Waals surface area contributed by atoms with E-state index in [4.69, 9.17) is 10.2 Å². The number of rotatable bonds is 8. The molecule has 0 heterocycles. The summed E-state index contributed by atoms with van der Waals surface area (Å²) in [5.41, 5.74) is 2.90. The van der Waals surface area contributed by atoms with Crippen LogP contribution in [0.2, 0.25) is 0 Å². The summed E-state index contributed by atoms with van der Waals surface area (Å²) in [6.07, 6.45) is 1.38. The highest BCUT2D eigenvalue weighted by atomic mass is 16.4. The van der Waals surface area contributed by atoms with Gasteiger partial charge < -0.3 is 10.2 Å². The van der Waals surface area contributed by atoms with Gasteiger partial charge in [-0.15, -0.1) is 0 Å². The standard InChI is InChI=1S/C19H20O4/c20-18(21)10-9-17(16-7-2-1-3-8-16)12-14-5-4-6-15(11-14)13-19(22)23/h1-8,11,17H,9-10,12-13H2,(H,20,21)(H,22,23). The Balaban J connectivity index is 2.16. The lowest BCUT2D eigenvalue weighted by Crippen LogP contribution is -2.07. The van der Waals surface area contributed by atoms with Gasteiger partial charge in [0, 0.05) is 6.42 Å². The van der Waals surface area contributed by atoms with Crippen molar-refractivity contribution in [3.05, 3.63) is 71.3 Å². The maximum Gasteiger partial charge on any atom is 0.307 e. The molecule has 4 nitrogen and oxygen atoms in total. The van der Waals surface area contributed by atoms with Gasteiger partial charge >= 0.3 is 11.9 Å². The van der Waals surface area contributed by atoms with Crippen molar-refractivity contribution < 1.29 is 19.8 Å². The van der Waals surface area contributed by atoms with Crippen molar-refractivity contribution in [1.29, 1.82) is 0 Å². The van der Waals surface area contributed by atoms with Crippen LogP contribution in [-0.2, 0) is 22.4 Å². The predicted molar refractivity (Wildman–Crippen MR) is 87.5 cm³/mol. The average Bonchev–Trinajstić information content (AvgIpc) is 2.52. The third-order valence-corrected chi connectivity index (χ3v) is 3.81. The van der Waals surface area contributed by atoms with Crippen LogP contribution in [0, 0.1) is 0 Å². The molecule has 1 unspecified atom stereocenters. The topological polar surface area (TPSA) is 74.6 Å². The molecule has 1 atom stereocenters. The van der Waals surface area contributed by atoms with Crippen LogP contribution in [0.15, 0.2) is 54.6 Å². The lowest BCUT2D eigenvalue weighted by molar-refractivity contribution is -0.137. The lowest BCUT2D eigenvalue weighted by atomic mass is 9.87. The normalized spacial score (nSPS) is 11.8. The number of carbonyl (C=O) groups is 2. The molecule has 0 fully saturated rings. The van der Waals surface area contributed by atoms with E-state index in [2.05, 4.69) is 0 Å². The number of carboxylic acids is 2. The SMILES string of the molecule is O=C(O)CCC(Cc1cccc(CC(=O)O)c1)c1ccccc1. The van der Waals surface area contributed by atoms with Crippen LogP contribution in [0.5, 0.6) is 0 Å². The third kappa shape index (κ3) is 5.58. The number of hydrogen-bond acceptors (Lipinski definition) is 2. The molecular weight excluding hydrogens is 292 g/mol. The summed E-state index contributed by atoms with van der Waals surface area (Å²) < 4.78 is 0. The highest BCUT2D eigenvalue weighted by Gasteiger charge is 2.14. The van der Waals surface area contributed by atoms with Crippen LogP contribution in [0.25, 0.3) is 0 Å². The van der Waals surface area contributed by atoms with Gasteiger partial charge in [-0.1, -0.05) is 54.6 Å². The van der Waals surface area contributed by atoms with Crippen LogP contribution in [0.4, 0.5) is 0 Å². The van der Waals surface area contributed by atoms with Crippen molar-refractivity contribution in [1.82, 2.24) is 0 Å². The first kappa shape index (κ1) is 16.7. The van der Waals surface area contributed by atoms with Crippen molar-refractivity contribution in [3.8, 4) is 0 Å². The summed E-state index contributed by atoms with van der Waals surface area (Å²) in [4.78, 5) is 21.7. The van der Waals surface area contributed by atoms with Gasteiger partial charge in [0.2, 0.25) is 0 Å². The fraction of sp³-hybridized carbons (Fsp3) is 0.263. The molecule has 0 amide bonds. The minimum absolute atomic E-state index is 0.00102. The molecule has 0 bridgehead atoms. The van der Waals surface area contributed by atoms with E-state index in [-0.39, 0.29) is 18.8 Å². The highest BCUT2D eigenvalue weighted by Crippen LogP contribution is 2.26. The van der Waals surface area contributed by atoms with Gasteiger partial charge in [0.25, 0.3) is 0 Å². The van der Waals surface area contributed by atoms with E-state index in [1.54, 1.807) is 6.07 Å². The molecule has 2 rings (SSSR count). The Morgan fingerprint density at radius 3 is 2.22 bits per heavy atom. The molecule has 4 heteroatoms. The van der Waals surface area contributed by atoms with E-state index in [0.717, 1.165) is 16.7 Å². The van der Waals surface area contributed by atoms with E-state index in [9.17, 15) is 9.59 Å². The van der Waals surface area contributed by atoms with Gasteiger partial charge in [-0.2, -0.15) is 0 Å². The molecule has 2 aromatic carbocycles. The van der Waals surface area contributed by atoms with Crippen molar-refractivity contribution in [2.45, 2.75) is 31.6 Å². The van der Waals surface area contributed by atoms with Crippen LogP contribution < -0.4 is 0 Å². The number of aliphatic carboxylic acids is 2.